The number of hydroxylamine groups is 1. The van der Waals surface area contributed by atoms with Gasteiger partial charge in [0, 0.05) is 24.5 Å². The predicted octanol–water partition coefficient (Wildman–Crippen LogP) is 2.71. The van der Waals surface area contributed by atoms with Crippen molar-refractivity contribution in [2.45, 2.75) is 71.2 Å². The zero-order chi connectivity index (χ0) is 29.1. The highest BCUT2D eigenvalue weighted by Crippen LogP contribution is 2.16. The first-order valence-electron chi connectivity index (χ1n) is 13.2. The molecule has 2 aromatic carbocycles. The Morgan fingerprint density at radius 1 is 0.875 bits per heavy atom. The molecule has 0 fully saturated rings. The molecule has 212 valence electrons. The van der Waals surface area contributed by atoms with Crippen LogP contribution in [0.2, 0.25) is 0 Å². The van der Waals surface area contributed by atoms with E-state index in [2.05, 4.69) is 26.4 Å². The number of hydrogen-bond donors (Lipinski definition) is 4. The Morgan fingerprint density at radius 3 is 2.30 bits per heavy atom. The lowest BCUT2D eigenvalue weighted by molar-refractivity contribution is -0.147. The van der Waals surface area contributed by atoms with Gasteiger partial charge in [0.25, 0.3) is 0 Å². The number of carbonyl (C=O) groups is 4. The summed E-state index contributed by atoms with van der Waals surface area (Å²) in [7, 11) is 0. The fourth-order valence-corrected chi connectivity index (χ4v) is 3.84. The van der Waals surface area contributed by atoms with Gasteiger partial charge in [-0.3, -0.25) is 29.0 Å². The maximum atomic E-state index is 13.1. The molecule has 0 saturated carbocycles. The highest BCUT2D eigenvalue weighted by Gasteiger charge is 2.27. The van der Waals surface area contributed by atoms with Crippen LogP contribution in [-0.2, 0) is 37.0 Å². The van der Waals surface area contributed by atoms with Gasteiger partial charge in [0.15, 0.2) is 0 Å². The molecular formula is C30H37N5O5. The Balaban J connectivity index is 1.60. The molecule has 1 aromatic heterocycles. The second kappa shape index (κ2) is 14.2. The van der Waals surface area contributed by atoms with E-state index in [1.165, 1.54) is 6.92 Å². The Labute approximate surface area is 234 Å². The highest BCUT2D eigenvalue weighted by molar-refractivity contribution is 5.94. The van der Waals surface area contributed by atoms with Gasteiger partial charge in [-0.15, -0.1) is 0 Å². The molecule has 3 aromatic rings. The molecule has 4 N–H and O–H groups in total. The van der Waals surface area contributed by atoms with E-state index in [0.717, 1.165) is 22.0 Å². The molecule has 10 heteroatoms. The van der Waals surface area contributed by atoms with Crippen molar-refractivity contribution in [3.8, 4) is 0 Å². The summed E-state index contributed by atoms with van der Waals surface area (Å²) < 4.78 is 0. The van der Waals surface area contributed by atoms with Gasteiger partial charge in [0.1, 0.15) is 12.1 Å². The number of fused-ring (bicyclic) bond motifs is 1. The quantitative estimate of drug-likeness (QED) is 0.257. The summed E-state index contributed by atoms with van der Waals surface area (Å²) in [5, 5.41) is 8.99. The number of aromatic nitrogens is 1. The molecule has 40 heavy (non-hydrogen) atoms. The van der Waals surface area contributed by atoms with Crippen LogP contribution < -0.4 is 21.4 Å². The number of amides is 4. The number of nitrogens with one attached hydrogen (secondary N) is 4. The third kappa shape index (κ3) is 9.77. The third-order valence-electron chi connectivity index (χ3n) is 5.94. The molecule has 4 amide bonds. The standard InChI is InChI=1S/C30H37N5O5/c1-20(28(38)32-19-22-16-17-31-24-13-9-8-12-23(22)24)33-29(39)25(18-27(37)35-40-30(2,3)4)34-26(36)15-14-21-10-6-5-7-11-21/h5-13,16-17,20,25H,14-15,18-19H2,1-4H3,(H,32,38)(H,33,39)(H,34,36)(H,35,37)/t20-,25-/m0/s1. The Kier molecular flexibility index (Phi) is 10.7. The molecule has 0 unspecified atom stereocenters. The van der Waals surface area contributed by atoms with Crippen LogP contribution in [0, 0.1) is 0 Å². The topological polar surface area (TPSA) is 139 Å². The SMILES string of the molecule is C[C@H](NC(=O)[C@H](CC(=O)NOC(C)(C)C)NC(=O)CCc1ccccc1)C(=O)NCc1ccnc2ccccc12. The molecule has 1 heterocycles. The lowest BCUT2D eigenvalue weighted by atomic mass is 10.1. The van der Waals surface area contributed by atoms with Crippen LogP contribution in [0.5, 0.6) is 0 Å². The molecule has 0 saturated heterocycles. The van der Waals surface area contributed by atoms with Crippen molar-refractivity contribution >= 4 is 34.5 Å². The van der Waals surface area contributed by atoms with Crippen molar-refractivity contribution in [3.63, 3.8) is 0 Å². The summed E-state index contributed by atoms with van der Waals surface area (Å²) in [6, 6.07) is 16.8. The largest absolute Gasteiger partial charge is 0.350 e. The number of carbonyl (C=O) groups excluding carboxylic acids is 4. The van der Waals surface area contributed by atoms with Crippen LogP contribution in [0.25, 0.3) is 10.9 Å². The number of para-hydroxylation sites is 1. The Morgan fingerprint density at radius 2 is 1.57 bits per heavy atom. The molecule has 0 aliphatic carbocycles. The van der Waals surface area contributed by atoms with Gasteiger partial charge in [-0.25, -0.2) is 5.48 Å². The van der Waals surface area contributed by atoms with Crippen LogP contribution in [0.1, 0.15) is 51.7 Å². The summed E-state index contributed by atoms with van der Waals surface area (Å²) in [6.07, 6.45) is 1.91. The first kappa shape index (κ1) is 30.2. The third-order valence-corrected chi connectivity index (χ3v) is 5.94. The molecule has 0 bridgehead atoms. The van der Waals surface area contributed by atoms with E-state index in [4.69, 9.17) is 4.84 Å². The normalized spacial score (nSPS) is 12.7. The van der Waals surface area contributed by atoms with Gasteiger partial charge in [-0.1, -0.05) is 48.5 Å². The van der Waals surface area contributed by atoms with Crippen molar-refractivity contribution in [1.29, 1.82) is 0 Å². The summed E-state index contributed by atoms with van der Waals surface area (Å²) in [5.74, 6) is -2.05. The average molecular weight is 548 g/mol. The predicted molar refractivity (Wildman–Crippen MR) is 151 cm³/mol. The zero-order valence-corrected chi connectivity index (χ0v) is 23.3. The summed E-state index contributed by atoms with van der Waals surface area (Å²) in [4.78, 5) is 60.7. The van der Waals surface area contributed by atoms with Crippen LogP contribution >= 0.6 is 0 Å². The minimum atomic E-state index is -1.20. The first-order chi connectivity index (χ1) is 19.0. The highest BCUT2D eigenvalue weighted by atomic mass is 16.7. The summed E-state index contributed by atoms with van der Waals surface area (Å²) >= 11 is 0. The second-order valence-corrected chi connectivity index (χ2v) is 10.5. The number of benzene rings is 2. The van der Waals surface area contributed by atoms with E-state index in [9.17, 15) is 19.2 Å². The zero-order valence-electron chi connectivity index (χ0n) is 23.3. The van der Waals surface area contributed by atoms with Crippen molar-refractivity contribution < 1.29 is 24.0 Å². The van der Waals surface area contributed by atoms with Crippen LogP contribution in [0.3, 0.4) is 0 Å². The van der Waals surface area contributed by atoms with Gasteiger partial charge < -0.3 is 16.0 Å². The minimum Gasteiger partial charge on any atom is -0.350 e. The van der Waals surface area contributed by atoms with Gasteiger partial charge >= 0.3 is 0 Å². The fraction of sp³-hybridized carbons (Fsp3) is 0.367. The van der Waals surface area contributed by atoms with Crippen molar-refractivity contribution in [2.24, 2.45) is 0 Å². The number of rotatable bonds is 12. The second-order valence-electron chi connectivity index (χ2n) is 10.5. The summed E-state index contributed by atoms with van der Waals surface area (Å²) in [6.45, 7) is 7.07. The molecule has 0 spiro atoms. The van der Waals surface area contributed by atoms with Crippen molar-refractivity contribution in [2.75, 3.05) is 0 Å². The van der Waals surface area contributed by atoms with E-state index >= 15 is 0 Å². The van der Waals surface area contributed by atoms with Crippen LogP contribution in [0.4, 0.5) is 0 Å². The lowest BCUT2D eigenvalue weighted by Gasteiger charge is -2.23. The van der Waals surface area contributed by atoms with Crippen molar-refractivity contribution in [1.82, 2.24) is 26.4 Å². The molecule has 0 aliphatic rings. The number of aryl methyl sites for hydroxylation is 1. The summed E-state index contributed by atoms with van der Waals surface area (Å²) in [5.41, 5.74) is 4.35. The maximum Gasteiger partial charge on any atom is 0.246 e. The van der Waals surface area contributed by atoms with E-state index in [0.29, 0.717) is 6.42 Å². The van der Waals surface area contributed by atoms with E-state index < -0.39 is 41.3 Å². The monoisotopic (exact) mass is 547 g/mol. The number of pyridine rings is 1. The first-order valence-corrected chi connectivity index (χ1v) is 13.2. The molecule has 0 radical (unpaired) electrons. The van der Waals surface area contributed by atoms with Gasteiger partial charge in [-0.2, -0.15) is 0 Å². The average Bonchev–Trinajstić information content (AvgIpc) is 2.93. The smallest absolute Gasteiger partial charge is 0.246 e. The molecule has 0 aliphatic heterocycles. The van der Waals surface area contributed by atoms with Gasteiger partial charge in [-0.05, 0) is 57.4 Å². The Hall–Kier alpha value is -4.31. The van der Waals surface area contributed by atoms with Gasteiger partial charge in [0.2, 0.25) is 23.6 Å². The molecule has 10 nitrogen and oxygen atoms in total. The van der Waals surface area contributed by atoms with E-state index in [-0.39, 0.29) is 19.4 Å². The maximum absolute atomic E-state index is 13.1. The molecular weight excluding hydrogens is 510 g/mol. The number of hydrogen-bond acceptors (Lipinski definition) is 6. The van der Waals surface area contributed by atoms with Crippen molar-refractivity contribution in [3.05, 3.63) is 78.0 Å². The molecule has 2 atom stereocenters. The fourth-order valence-electron chi connectivity index (χ4n) is 3.84. The Bertz CT molecular complexity index is 1320. The van der Waals surface area contributed by atoms with E-state index in [1.54, 1.807) is 27.0 Å². The lowest BCUT2D eigenvalue weighted by Crippen LogP contribution is -2.54. The van der Waals surface area contributed by atoms with E-state index in [1.807, 2.05) is 60.7 Å². The number of nitrogens with zero attached hydrogens (tertiary/aromatic N) is 1. The van der Waals surface area contributed by atoms with Crippen LogP contribution in [0.15, 0.2) is 66.9 Å². The minimum absolute atomic E-state index is 0.129. The van der Waals surface area contributed by atoms with Gasteiger partial charge in [0.05, 0.1) is 17.5 Å². The molecule has 3 rings (SSSR count). The van der Waals surface area contributed by atoms with Crippen LogP contribution in [-0.4, -0.2) is 46.3 Å².